The van der Waals surface area contributed by atoms with Gasteiger partial charge in [0.1, 0.15) is 11.6 Å². The molecule has 1 aliphatic heterocycles. The molecule has 4 rings (SSSR count). The van der Waals surface area contributed by atoms with Gasteiger partial charge in [0, 0.05) is 19.5 Å². The number of nitrogens with zero attached hydrogens (tertiary/aromatic N) is 5. The molecule has 1 saturated heterocycles. The lowest BCUT2D eigenvalue weighted by Gasteiger charge is -2.28. The van der Waals surface area contributed by atoms with E-state index in [0.29, 0.717) is 0 Å². The quantitative estimate of drug-likeness (QED) is 0.742. The fourth-order valence-electron chi connectivity index (χ4n) is 2.87. The zero-order valence-electron chi connectivity index (χ0n) is 13.1. The Labute approximate surface area is 134 Å². The van der Waals surface area contributed by atoms with Crippen molar-refractivity contribution < 1.29 is 4.74 Å². The van der Waals surface area contributed by atoms with Crippen LogP contribution in [0.1, 0.15) is 12.7 Å². The fraction of sp³-hybridized carbons (Fsp3) is 0.353. The van der Waals surface area contributed by atoms with Gasteiger partial charge in [-0.1, -0.05) is 25.1 Å². The summed E-state index contributed by atoms with van der Waals surface area (Å²) in [4.78, 5) is 11.7. The number of anilines is 1. The van der Waals surface area contributed by atoms with Gasteiger partial charge in [-0.25, -0.2) is 14.6 Å². The topological polar surface area (TPSA) is 56.1 Å². The van der Waals surface area contributed by atoms with E-state index in [4.69, 9.17) is 14.7 Å². The summed E-state index contributed by atoms with van der Waals surface area (Å²) in [6, 6.07) is 10.1. The van der Waals surface area contributed by atoms with Gasteiger partial charge >= 0.3 is 0 Å². The van der Waals surface area contributed by atoms with Crippen molar-refractivity contribution in [1.29, 1.82) is 0 Å². The summed E-state index contributed by atoms with van der Waals surface area (Å²) in [6.45, 7) is 5.25. The summed E-state index contributed by atoms with van der Waals surface area (Å²) in [5.41, 5.74) is 1.88. The molecule has 2 aromatic heterocycles. The molecule has 6 heteroatoms. The second-order valence-electron chi connectivity index (χ2n) is 5.55. The van der Waals surface area contributed by atoms with Gasteiger partial charge in [0.05, 0.1) is 30.5 Å². The predicted octanol–water partition coefficient (Wildman–Crippen LogP) is 2.21. The molecule has 0 bridgehead atoms. The normalized spacial score (nSPS) is 15.3. The molecule has 0 saturated carbocycles. The van der Waals surface area contributed by atoms with Crippen molar-refractivity contribution in [2.45, 2.75) is 13.3 Å². The first-order chi connectivity index (χ1) is 11.4. The number of rotatable bonds is 3. The summed E-state index contributed by atoms with van der Waals surface area (Å²) < 4.78 is 7.35. The molecule has 0 spiro atoms. The number of fused-ring (bicyclic) bond motifs is 1. The van der Waals surface area contributed by atoms with Gasteiger partial charge in [0.2, 0.25) is 0 Å². The summed E-state index contributed by atoms with van der Waals surface area (Å²) in [5, 5.41) is 5.55. The van der Waals surface area contributed by atoms with Crippen molar-refractivity contribution in [2.75, 3.05) is 31.2 Å². The number of aromatic nitrogens is 4. The van der Waals surface area contributed by atoms with Gasteiger partial charge in [0.15, 0.2) is 5.65 Å². The van der Waals surface area contributed by atoms with E-state index in [2.05, 4.69) is 16.9 Å². The first-order valence-electron chi connectivity index (χ1n) is 7.99. The van der Waals surface area contributed by atoms with E-state index in [1.807, 2.05) is 41.2 Å². The molecule has 1 fully saturated rings. The summed E-state index contributed by atoms with van der Waals surface area (Å²) in [6.07, 6.45) is 2.67. The van der Waals surface area contributed by atoms with Crippen molar-refractivity contribution in [2.24, 2.45) is 0 Å². The molecule has 1 aliphatic rings. The average molecular weight is 309 g/mol. The van der Waals surface area contributed by atoms with Crippen molar-refractivity contribution >= 4 is 16.9 Å². The van der Waals surface area contributed by atoms with Crippen LogP contribution in [-0.2, 0) is 11.2 Å². The van der Waals surface area contributed by atoms with Crippen molar-refractivity contribution in [1.82, 2.24) is 19.7 Å². The van der Waals surface area contributed by atoms with E-state index < -0.39 is 0 Å². The average Bonchev–Trinajstić information content (AvgIpc) is 3.06. The van der Waals surface area contributed by atoms with Crippen LogP contribution in [0.4, 0.5) is 5.82 Å². The third-order valence-corrected chi connectivity index (χ3v) is 4.08. The maximum Gasteiger partial charge on any atom is 0.168 e. The minimum atomic E-state index is 0.736. The van der Waals surface area contributed by atoms with Crippen LogP contribution in [0.2, 0.25) is 0 Å². The highest BCUT2D eigenvalue weighted by atomic mass is 16.5. The van der Waals surface area contributed by atoms with Crippen LogP contribution >= 0.6 is 0 Å². The Hall–Kier alpha value is -2.47. The highest BCUT2D eigenvalue weighted by Gasteiger charge is 2.20. The van der Waals surface area contributed by atoms with Crippen LogP contribution in [0.15, 0.2) is 36.5 Å². The van der Waals surface area contributed by atoms with Crippen LogP contribution in [0.5, 0.6) is 0 Å². The molecule has 0 atom stereocenters. The van der Waals surface area contributed by atoms with Crippen LogP contribution in [0.3, 0.4) is 0 Å². The van der Waals surface area contributed by atoms with E-state index in [-0.39, 0.29) is 0 Å². The Balaban J connectivity index is 1.89. The molecule has 0 aliphatic carbocycles. The molecule has 0 radical (unpaired) electrons. The summed E-state index contributed by atoms with van der Waals surface area (Å²) in [7, 11) is 0. The van der Waals surface area contributed by atoms with E-state index >= 15 is 0 Å². The number of morpholine rings is 1. The SMILES string of the molecule is CCc1nc(N2CCOCC2)c2cnn(-c3ccccc3)c2n1. The van der Waals surface area contributed by atoms with Crippen molar-refractivity contribution in [3.63, 3.8) is 0 Å². The number of hydrogen-bond acceptors (Lipinski definition) is 5. The maximum atomic E-state index is 5.46. The lowest BCUT2D eigenvalue weighted by Crippen LogP contribution is -2.37. The molecule has 3 aromatic rings. The minimum Gasteiger partial charge on any atom is -0.378 e. The third kappa shape index (κ3) is 2.55. The number of benzene rings is 1. The second-order valence-corrected chi connectivity index (χ2v) is 5.55. The van der Waals surface area contributed by atoms with Gasteiger partial charge in [-0.05, 0) is 12.1 Å². The van der Waals surface area contributed by atoms with Crippen LogP contribution in [0, 0.1) is 0 Å². The molecular weight excluding hydrogens is 290 g/mol. The Bertz CT molecular complexity index is 808. The maximum absolute atomic E-state index is 5.46. The molecule has 23 heavy (non-hydrogen) atoms. The lowest BCUT2D eigenvalue weighted by atomic mass is 10.3. The van der Waals surface area contributed by atoms with Gasteiger partial charge in [0.25, 0.3) is 0 Å². The van der Waals surface area contributed by atoms with Gasteiger partial charge < -0.3 is 9.64 Å². The monoisotopic (exact) mass is 309 g/mol. The largest absolute Gasteiger partial charge is 0.378 e. The Morgan fingerprint density at radius 2 is 1.87 bits per heavy atom. The highest BCUT2D eigenvalue weighted by Crippen LogP contribution is 2.26. The van der Waals surface area contributed by atoms with Crippen LogP contribution < -0.4 is 4.90 Å². The summed E-state index contributed by atoms with van der Waals surface area (Å²) in [5.74, 6) is 1.81. The molecule has 0 N–H and O–H groups in total. The zero-order chi connectivity index (χ0) is 15.6. The molecule has 118 valence electrons. The molecular formula is C17H19N5O. The van der Waals surface area contributed by atoms with E-state index in [0.717, 1.165) is 61.1 Å². The van der Waals surface area contributed by atoms with E-state index in [9.17, 15) is 0 Å². The summed E-state index contributed by atoms with van der Waals surface area (Å²) >= 11 is 0. The minimum absolute atomic E-state index is 0.736. The molecule has 6 nitrogen and oxygen atoms in total. The van der Waals surface area contributed by atoms with Crippen molar-refractivity contribution in [3.8, 4) is 5.69 Å². The Kier molecular flexibility index (Phi) is 3.67. The highest BCUT2D eigenvalue weighted by molar-refractivity contribution is 5.88. The van der Waals surface area contributed by atoms with E-state index in [1.54, 1.807) is 0 Å². The first-order valence-corrected chi connectivity index (χ1v) is 7.99. The molecule has 0 unspecified atom stereocenters. The Morgan fingerprint density at radius 3 is 2.61 bits per heavy atom. The molecule has 1 aromatic carbocycles. The second kappa shape index (κ2) is 5.96. The van der Waals surface area contributed by atoms with Crippen molar-refractivity contribution in [3.05, 3.63) is 42.4 Å². The molecule has 0 amide bonds. The van der Waals surface area contributed by atoms with Crippen LogP contribution in [-0.4, -0.2) is 46.1 Å². The number of hydrogen-bond donors (Lipinski definition) is 0. The number of ether oxygens (including phenoxy) is 1. The van der Waals surface area contributed by atoms with E-state index in [1.165, 1.54) is 0 Å². The Morgan fingerprint density at radius 1 is 1.09 bits per heavy atom. The molecule has 3 heterocycles. The fourth-order valence-corrected chi connectivity index (χ4v) is 2.87. The van der Waals surface area contributed by atoms with Gasteiger partial charge in [-0.15, -0.1) is 0 Å². The lowest BCUT2D eigenvalue weighted by molar-refractivity contribution is 0.122. The zero-order valence-corrected chi connectivity index (χ0v) is 13.1. The van der Waals surface area contributed by atoms with Crippen LogP contribution in [0.25, 0.3) is 16.7 Å². The number of para-hydroxylation sites is 1. The van der Waals surface area contributed by atoms with Gasteiger partial charge in [-0.2, -0.15) is 5.10 Å². The number of aryl methyl sites for hydroxylation is 1. The third-order valence-electron chi connectivity index (χ3n) is 4.08. The first kappa shape index (κ1) is 14.1. The van der Waals surface area contributed by atoms with Gasteiger partial charge in [-0.3, -0.25) is 0 Å². The predicted molar refractivity (Wildman–Crippen MR) is 89.1 cm³/mol. The standard InChI is InChI=1S/C17H19N5O/c1-2-15-19-16(21-8-10-23-11-9-21)14-12-18-22(17(14)20-15)13-6-4-3-5-7-13/h3-7,12H,2,8-11H2,1H3. The smallest absolute Gasteiger partial charge is 0.168 e.